The van der Waals surface area contributed by atoms with Gasteiger partial charge in [0.1, 0.15) is 19.3 Å². The van der Waals surface area contributed by atoms with Crippen LogP contribution in [-0.2, 0) is 65.4 Å². The van der Waals surface area contributed by atoms with E-state index in [1.54, 1.807) is 0 Å². The zero-order valence-electron chi connectivity index (χ0n) is 49.8. The van der Waals surface area contributed by atoms with Crippen LogP contribution in [0.1, 0.15) is 291 Å². The molecular formula is C59H114O17P2. The van der Waals surface area contributed by atoms with E-state index in [1.807, 2.05) is 0 Å². The lowest BCUT2D eigenvalue weighted by molar-refractivity contribution is -0.161. The first kappa shape index (κ1) is 76.1. The summed E-state index contributed by atoms with van der Waals surface area (Å²) in [6.07, 6.45) is 35.4. The summed E-state index contributed by atoms with van der Waals surface area (Å²) in [4.78, 5) is 71.6. The summed E-state index contributed by atoms with van der Waals surface area (Å²) in [5.74, 6) is -1.43. The molecule has 0 saturated heterocycles. The van der Waals surface area contributed by atoms with Crippen molar-refractivity contribution in [2.24, 2.45) is 5.92 Å². The minimum absolute atomic E-state index is 0.103. The normalized spacial score (nSPS) is 14.4. The van der Waals surface area contributed by atoms with E-state index >= 15 is 0 Å². The Morgan fingerprint density at radius 3 is 0.872 bits per heavy atom. The van der Waals surface area contributed by atoms with Crippen molar-refractivity contribution in [3.8, 4) is 0 Å². The van der Waals surface area contributed by atoms with Crippen molar-refractivity contribution in [2.45, 2.75) is 310 Å². The van der Waals surface area contributed by atoms with Crippen LogP contribution in [0.15, 0.2) is 0 Å². The van der Waals surface area contributed by atoms with Crippen molar-refractivity contribution in [1.82, 2.24) is 0 Å². The molecule has 0 spiro atoms. The Morgan fingerprint density at radius 2 is 0.590 bits per heavy atom. The molecule has 0 aliphatic rings. The Kier molecular flexibility index (Phi) is 51.8. The van der Waals surface area contributed by atoms with Crippen molar-refractivity contribution >= 4 is 39.5 Å². The number of hydrogen-bond donors (Lipinski definition) is 3. The molecule has 0 amide bonds. The summed E-state index contributed by atoms with van der Waals surface area (Å²) in [7, 11) is -9.86. The number of aliphatic hydroxyl groups is 1. The fraction of sp³-hybridized carbons (Fsp3) is 0.932. The van der Waals surface area contributed by atoms with Crippen molar-refractivity contribution in [3.05, 3.63) is 0 Å². The van der Waals surface area contributed by atoms with Gasteiger partial charge in [-0.25, -0.2) is 9.13 Å². The summed E-state index contributed by atoms with van der Waals surface area (Å²) >= 11 is 0. The Bertz CT molecular complexity index is 1530. The lowest BCUT2D eigenvalue weighted by Gasteiger charge is -2.21. The first-order valence-electron chi connectivity index (χ1n) is 31.1. The van der Waals surface area contributed by atoms with Gasteiger partial charge in [0, 0.05) is 25.7 Å². The second-order valence-electron chi connectivity index (χ2n) is 21.9. The summed E-state index contributed by atoms with van der Waals surface area (Å²) in [6, 6.07) is 0. The molecule has 5 atom stereocenters. The van der Waals surface area contributed by atoms with Crippen LogP contribution in [0.25, 0.3) is 0 Å². The lowest BCUT2D eigenvalue weighted by atomic mass is 10.0. The Hall–Kier alpha value is -1.94. The Morgan fingerprint density at radius 1 is 0.346 bits per heavy atom. The van der Waals surface area contributed by atoms with Crippen LogP contribution in [0, 0.1) is 5.92 Å². The van der Waals surface area contributed by atoms with E-state index in [9.17, 15) is 43.2 Å². The van der Waals surface area contributed by atoms with E-state index in [1.165, 1.54) is 96.3 Å². The van der Waals surface area contributed by atoms with Crippen LogP contribution in [0.4, 0.5) is 0 Å². The first-order valence-corrected chi connectivity index (χ1v) is 34.1. The minimum Gasteiger partial charge on any atom is -0.462 e. The molecule has 3 N–H and O–H groups in total. The zero-order valence-corrected chi connectivity index (χ0v) is 51.6. The van der Waals surface area contributed by atoms with Crippen molar-refractivity contribution in [2.75, 3.05) is 39.6 Å². The third kappa shape index (κ3) is 53.4. The monoisotopic (exact) mass is 1160 g/mol. The fourth-order valence-electron chi connectivity index (χ4n) is 8.70. The largest absolute Gasteiger partial charge is 0.472 e. The number of unbranched alkanes of at least 4 members (excludes halogenated alkanes) is 31. The number of phosphoric acid groups is 2. The molecule has 2 unspecified atom stereocenters. The number of phosphoric ester groups is 2. The minimum atomic E-state index is -4.94. The van der Waals surface area contributed by atoms with E-state index < -0.39 is 97.5 Å². The summed E-state index contributed by atoms with van der Waals surface area (Å²) < 4.78 is 67.5. The van der Waals surface area contributed by atoms with Gasteiger partial charge in [0.25, 0.3) is 0 Å². The van der Waals surface area contributed by atoms with E-state index in [2.05, 4.69) is 34.6 Å². The van der Waals surface area contributed by atoms with Gasteiger partial charge in [-0.3, -0.25) is 37.3 Å². The molecule has 17 nitrogen and oxygen atoms in total. The number of rotatable bonds is 59. The fourth-order valence-corrected chi connectivity index (χ4v) is 10.3. The molecule has 0 saturated carbocycles. The SMILES string of the molecule is CCCCCCCCCCCCCCCCCC(=O)O[C@H](COC(=O)CCCCCCCCCCC(C)C)COP(=O)(O)OC[C@@H](O)COP(=O)(O)OC[C@@H](COC(=O)CCCCCCC)OC(=O)CCCCCCCCC. The second-order valence-corrected chi connectivity index (χ2v) is 24.8. The van der Waals surface area contributed by atoms with Crippen molar-refractivity contribution < 1.29 is 80.2 Å². The van der Waals surface area contributed by atoms with Gasteiger partial charge >= 0.3 is 39.5 Å². The maximum atomic E-state index is 12.9. The molecule has 0 aromatic heterocycles. The standard InChI is InChI=1S/C59H114O17P2/c1-6-9-12-15-17-18-19-20-21-22-23-24-30-35-40-45-59(64)76-55(49-70-57(62)43-38-33-29-26-25-28-32-36-41-52(4)5)51-74-78(67,68)72-47-53(60)46-71-77(65,66)73-50-54(48-69-56(61)42-37-31-14-11-8-3)75-58(63)44-39-34-27-16-13-10-7-2/h52-55,60H,6-51H2,1-5H3,(H,65,66)(H,67,68)/t53-,54+,55+/m0/s1. The van der Waals surface area contributed by atoms with Gasteiger partial charge in [0.2, 0.25) is 0 Å². The van der Waals surface area contributed by atoms with E-state index in [4.69, 9.17) is 37.0 Å². The van der Waals surface area contributed by atoms with Crippen LogP contribution in [0.5, 0.6) is 0 Å². The quantitative estimate of drug-likeness (QED) is 0.0222. The summed E-state index contributed by atoms with van der Waals surface area (Å²) in [6.45, 7) is 6.99. The summed E-state index contributed by atoms with van der Waals surface area (Å²) in [5.41, 5.74) is 0. The second kappa shape index (κ2) is 53.1. The van der Waals surface area contributed by atoms with Crippen molar-refractivity contribution in [1.29, 1.82) is 0 Å². The number of hydrogen-bond acceptors (Lipinski definition) is 15. The molecule has 0 bridgehead atoms. The smallest absolute Gasteiger partial charge is 0.462 e. The summed E-state index contributed by atoms with van der Waals surface area (Å²) in [5, 5.41) is 10.5. The number of esters is 4. The molecule has 0 heterocycles. The van der Waals surface area contributed by atoms with Crippen LogP contribution in [0.2, 0.25) is 0 Å². The van der Waals surface area contributed by atoms with Crippen LogP contribution < -0.4 is 0 Å². The topological polar surface area (TPSA) is 237 Å². The molecule has 0 rings (SSSR count). The molecule has 0 aliphatic heterocycles. The molecule has 0 radical (unpaired) electrons. The third-order valence-corrected chi connectivity index (χ3v) is 15.4. The predicted octanol–water partition coefficient (Wildman–Crippen LogP) is 15.8. The van der Waals surface area contributed by atoms with Gasteiger partial charge in [-0.15, -0.1) is 0 Å². The highest BCUT2D eigenvalue weighted by molar-refractivity contribution is 7.47. The number of carbonyl (C=O) groups is 4. The van der Waals surface area contributed by atoms with Gasteiger partial charge in [0.15, 0.2) is 12.2 Å². The van der Waals surface area contributed by atoms with Gasteiger partial charge in [-0.1, -0.05) is 240 Å². The highest BCUT2D eigenvalue weighted by Gasteiger charge is 2.30. The van der Waals surface area contributed by atoms with Crippen molar-refractivity contribution in [3.63, 3.8) is 0 Å². The van der Waals surface area contributed by atoms with E-state index in [0.29, 0.717) is 25.7 Å². The highest BCUT2D eigenvalue weighted by Crippen LogP contribution is 2.45. The van der Waals surface area contributed by atoms with Crippen LogP contribution >= 0.6 is 15.6 Å². The van der Waals surface area contributed by atoms with E-state index in [-0.39, 0.29) is 25.7 Å². The maximum Gasteiger partial charge on any atom is 0.472 e. The number of aliphatic hydroxyl groups excluding tert-OH is 1. The number of ether oxygens (including phenoxy) is 4. The Balaban J connectivity index is 5.15. The van der Waals surface area contributed by atoms with E-state index in [0.717, 1.165) is 115 Å². The molecular weight excluding hydrogens is 1040 g/mol. The average Bonchev–Trinajstić information content (AvgIpc) is 3.40. The molecule has 78 heavy (non-hydrogen) atoms. The van der Waals surface area contributed by atoms with Crippen LogP contribution in [0.3, 0.4) is 0 Å². The maximum absolute atomic E-state index is 12.9. The molecule has 462 valence electrons. The molecule has 0 aromatic rings. The lowest BCUT2D eigenvalue weighted by Crippen LogP contribution is -2.30. The van der Waals surface area contributed by atoms with Gasteiger partial charge in [0.05, 0.1) is 26.4 Å². The molecule has 19 heteroatoms. The van der Waals surface area contributed by atoms with Gasteiger partial charge in [-0.05, 0) is 31.6 Å². The highest BCUT2D eigenvalue weighted by atomic mass is 31.2. The van der Waals surface area contributed by atoms with Gasteiger partial charge < -0.3 is 33.8 Å². The van der Waals surface area contributed by atoms with Gasteiger partial charge in [-0.2, -0.15) is 0 Å². The molecule has 0 aliphatic carbocycles. The zero-order chi connectivity index (χ0) is 57.8. The third-order valence-electron chi connectivity index (χ3n) is 13.5. The molecule has 0 fully saturated rings. The molecule has 0 aromatic carbocycles. The average molecular weight is 1160 g/mol. The Labute approximate surface area is 473 Å². The van der Waals surface area contributed by atoms with Crippen LogP contribution in [-0.4, -0.2) is 96.7 Å². The predicted molar refractivity (Wildman–Crippen MR) is 308 cm³/mol. The first-order chi connectivity index (χ1) is 37.5. The number of carbonyl (C=O) groups excluding carboxylic acids is 4.